The van der Waals surface area contributed by atoms with Gasteiger partial charge in [-0.1, -0.05) is 19.9 Å². The van der Waals surface area contributed by atoms with E-state index in [-0.39, 0.29) is 11.5 Å². The molecule has 0 aliphatic carbocycles. The summed E-state index contributed by atoms with van der Waals surface area (Å²) < 4.78 is 0. The Morgan fingerprint density at radius 3 is 2.90 bits per heavy atom. The van der Waals surface area contributed by atoms with E-state index in [4.69, 9.17) is 10.5 Å². The molecule has 4 nitrogen and oxygen atoms in total. The monoisotopic (exact) mass is 268 g/mol. The van der Waals surface area contributed by atoms with Crippen molar-refractivity contribution in [3.8, 4) is 12.1 Å². The number of hydrogen-bond donors (Lipinski definition) is 1. The van der Waals surface area contributed by atoms with Crippen LogP contribution in [0.2, 0.25) is 0 Å². The van der Waals surface area contributed by atoms with Gasteiger partial charge in [-0.25, -0.2) is 0 Å². The van der Waals surface area contributed by atoms with Gasteiger partial charge < -0.3 is 10.2 Å². The van der Waals surface area contributed by atoms with Gasteiger partial charge in [-0.3, -0.25) is 0 Å². The van der Waals surface area contributed by atoms with Crippen molar-refractivity contribution in [1.29, 1.82) is 10.5 Å². The molecule has 0 spiro atoms. The average molecular weight is 268 g/mol. The summed E-state index contributed by atoms with van der Waals surface area (Å²) in [6, 6.07) is 12.2. The minimum absolute atomic E-state index is 0.132. The second kappa shape index (κ2) is 5.94. The number of nitrogens with one attached hydrogen (secondary N) is 1. The Labute approximate surface area is 120 Å². The van der Waals surface area contributed by atoms with Crippen LogP contribution in [0.5, 0.6) is 0 Å². The van der Waals surface area contributed by atoms with Crippen molar-refractivity contribution >= 4 is 5.69 Å². The first kappa shape index (κ1) is 14.4. The molecule has 0 amide bonds. The van der Waals surface area contributed by atoms with Gasteiger partial charge in [-0.05, 0) is 23.6 Å². The molecule has 1 fully saturated rings. The first-order valence-electron chi connectivity index (χ1n) is 6.90. The van der Waals surface area contributed by atoms with E-state index in [1.165, 1.54) is 0 Å². The van der Waals surface area contributed by atoms with Gasteiger partial charge in [-0.2, -0.15) is 10.5 Å². The van der Waals surface area contributed by atoms with E-state index in [2.05, 4.69) is 36.2 Å². The quantitative estimate of drug-likeness (QED) is 0.893. The molecule has 1 N–H and O–H groups in total. The van der Waals surface area contributed by atoms with Gasteiger partial charge in [0.1, 0.15) is 0 Å². The number of rotatable bonds is 2. The zero-order valence-corrected chi connectivity index (χ0v) is 12.1. The maximum atomic E-state index is 9.05. The molecule has 1 saturated heterocycles. The lowest BCUT2D eigenvalue weighted by Gasteiger charge is -2.35. The molecule has 2 rings (SSSR count). The molecule has 0 bridgehead atoms. The SMILES string of the molecule is CC1(C)CNCC(CC#N)N(c2cccc(C#N)c2)C1. The molecule has 1 aliphatic rings. The summed E-state index contributed by atoms with van der Waals surface area (Å²) in [5.41, 5.74) is 1.82. The largest absolute Gasteiger partial charge is 0.366 e. The van der Waals surface area contributed by atoms with Crippen molar-refractivity contribution in [2.75, 3.05) is 24.5 Å². The molecule has 0 radical (unpaired) electrons. The predicted molar refractivity (Wildman–Crippen MR) is 79.2 cm³/mol. The Bertz CT molecular complexity index is 550. The molecule has 1 aromatic carbocycles. The van der Waals surface area contributed by atoms with Crippen LogP contribution in [-0.4, -0.2) is 25.7 Å². The minimum Gasteiger partial charge on any atom is -0.366 e. The van der Waals surface area contributed by atoms with Crippen molar-refractivity contribution < 1.29 is 0 Å². The van der Waals surface area contributed by atoms with E-state index in [0.29, 0.717) is 12.0 Å². The molecular formula is C16H20N4. The fraction of sp³-hybridized carbons (Fsp3) is 0.500. The van der Waals surface area contributed by atoms with Gasteiger partial charge in [-0.15, -0.1) is 0 Å². The Morgan fingerprint density at radius 2 is 2.20 bits per heavy atom. The zero-order chi connectivity index (χ0) is 14.6. The van der Waals surface area contributed by atoms with Gasteiger partial charge in [0.15, 0.2) is 0 Å². The van der Waals surface area contributed by atoms with Gasteiger partial charge >= 0.3 is 0 Å². The normalized spacial score (nSPS) is 21.6. The van der Waals surface area contributed by atoms with Crippen LogP contribution in [-0.2, 0) is 0 Å². The zero-order valence-electron chi connectivity index (χ0n) is 12.1. The molecule has 1 aliphatic heterocycles. The van der Waals surface area contributed by atoms with Crippen molar-refractivity contribution in [3.63, 3.8) is 0 Å². The standard InChI is InChI=1S/C16H20N4/c1-16(2)11-19-10-15(6-7-17)20(12-16)14-5-3-4-13(8-14)9-18/h3-5,8,15,19H,6,10-12H2,1-2H3. The molecule has 1 heterocycles. The lowest BCUT2D eigenvalue weighted by Crippen LogP contribution is -2.41. The van der Waals surface area contributed by atoms with Gasteiger partial charge in [0, 0.05) is 25.3 Å². The molecule has 0 aromatic heterocycles. The van der Waals surface area contributed by atoms with E-state index in [1.807, 2.05) is 24.3 Å². The van der Waals surface area contributed by atoms with Crippen molar-refractivity contribution in [2.45, 2.75) is 26.3 Å². The second-order valence-corrected chi connectivity index (χ2v) is 6.10. The van der Waals surface area contributed by atoms with Crippen LogP contribution in [0.3, 0.4) is 0 Å². The van der Waals surface area contributed by atoms with Gasteiger partial charge in [0.25, 0.3) is 0 Å². The van der Waals surface area contributed by atoms with Gasteiger partial charge in [0.2, 0.25) is 0 Å². The summed E-state index contributed by atoms with van der Waals surface area (Å²) in [5.74, 6) is 0. The molecule has 1 unspecified atom stereocenters. The summed E-state index contributed by atoms with van der Waals surface area (Å²) in [7, 11) is 0. The second-order valence-electron chi connectivity index (χ2n) is 6.10. The fourth-order valence-corrected chi connectivity index (χ4v) is 2.68. The number of anilines is 1. The Kier molecular flexibility index (Phi) is 4.27. The minimum atomic E-state index is 0.132. The topological polar surface area (TPSA) is 62.9 Å². The van der Waals surface area contributed by atoms with E-state index in [9.17, 15) is 0 Å². The van der Waals surface area contributed by atoms with Crippen LogP contribution in [0.1, 0.15) is 25.8 Å². The Hall–Kier alpha value is -2.04. The van der Waals surface area contributed by atoms with Crippen molar-refractivity contribution in [2.24, 2.45) is 5.41 Å². The highest BCUT2D eigenvalue weighted by molar-refractivity contribution is 5.53. The number of nitrogens with zero attached hydrogens (tertiary/aromatic N) is 3. The highest BCUT2D eigenvalue weighted by Gasteiger charge is 2.30. The Morgan fingerprint density at radius 1 is 1.40 bits per heavy atom. The number of hydrogen-bond acceptors (Lipinski definition) is 4. The molecular weight excluding hydrogens is 248 g/mol. The maximum absolute atomic E-state index is 9.05. The first-order chi connectivity index (χ1) is 9.55. The highest BCUT2D eigenvalue weighted by atomic mass is 15.2. The summed E-state index contributed by atoms with van der Waals surface area (Å²) in [6.07, 6.45) is 0.486. The van der Waals surface area contributed by atoms with Crippen LogP contribution < -0.4 is 10.2 Å². The third kappa shape index (κ3) is 3.29. The van der Waals surface area contributed by atoms with Crippen LogP contribution >= 0.6 is 0 Å². The predicted octanol–water partition coefficient (Wildman–Crippen LogP) is 2.28. The fourth-order valence-electron chi connectivity index (χ4n) is 2.68. The lowest BCUT2D eigenvalue weighted by atomic mass is 9.92. The third-order valence-corrected chi connectivity index (χ3v) is 3.66. The molecule has 104 valence electrons. The summed E-state index contributed by atoms with van der Waals surface area (Å²) in [5, 5.41) is 21.5. The van der Waals surface area contributed by atoms with Crippen LogP contribution in [0, 0.1) is 28.1 Å². The third-order valence-electron chi connectivity index (χ3n) is 3.66. The molecule has 1 atom stereocenters. The van der Waals surface area contributed by atoms with E-state index < -0.39 is 0 Å². The van der Waals surface area contributed by atoms with Crippen LogP contribution in [0.4, 0.5) is 5.69 Å². The van der Waals surface area contributed by atoms with E-state index in [0.717, 1.165) is 25.3 Å². The molecule has 1 aromatic rings. The molecule has 20 heavy (non-hydrogen) atoms. The summed E-state index contributed by atoms with van der Waals surface area (Å²) in [6.45, 7) is 7.05. The van der Waals surface area contributed by atoms with Crippen LogP contribution in [0.25, 0.3) is 0 Å². The Balaban J connectivity index is 2.35. The maximum Gasteiger partial charge on any atom is 0.0992 e. The lowest BCUT2D eigenvalue weighted by molar-refractivity contribution is 0.369. The smallest absolute Gasteiger partial charge is 0.0992 e. The number of nitriles is 2. The van der Waals surface area contributed by atoms with E-state index in [1.54, 1.807) is 0 Å². The summed E-state index contributed by atoms with van der Waals surface area (Å²) >= 11 is 0. The first-order valence-corrected chi connectivity index (χ1v) is 6.90. The average Bonchev–Trinajstić information content (AvgIpc) is 2.58. The molecule has 0 saturated carbocycles. The van der Waals surface area contributed by atoms with Gasteiger partial charge in [0.05, 0.1) is 30.2 Å². The highest BCUT2D eigenvalue weighted by Crippen LogP contribution is 2.27. The van der Waals surface area contributed by atoms with Crippen LogP contribution in [0.15, 0.2) is 24.3 Å². The number of benzene rings is 1. The van der Waals surface area contributed by atoms with Crippen molar-refractivity contribution in [1.82, 2.24) is 5.32 Å². The summed E-state index contributed by atoms with van der Waals surface area (Å²) in [4.78, 5) is 2.27. The van der Waals surface area contributed by atoms with Crippen molar-refractivity contribution in [3.05, 3.63) is 29.8 Å². The molecule has 4 heteroatoms. The van der Waals surface area contributed by atoms with E-state index >= 15 is 0 Å².